The van der Waals surface area contributed by atoms with Crippen LogP contribution in [0.15, 0.2) is 86.0 Å². The molecule has 0 aliphatic heterocycles. The number of para-hydroxylation sites is 2. The number of carbonyl (C=O) groups is 2. The molecule has 0 spiro atoms. The topological polar surface area (TPSA) is 106 Å². The summed E-state index contributed by atoms with van der Waals surface area (Å²) < 4.78 is 2.14. The van der Waals surface area contributed by atoms with E-state index >= 15 is 0 Å². The number of hydrogen-bond donors (Lipinski definition) is 1. The zero-order valence-corrected chi connectivity index (χ0v) is 25.0. The molecule has 0 atom stereocenters. The molecule has 0 amide bonds. The lowest BCUT2D eigenvalue weighted by Gasteiger charge is -2.08. The lowest BCUT2D eigenvalue weighted by atomic mass is 10.1. The number of carbonyl (C=O) groups excluding carboxylic acids is 2. The number of nitrogens with zero attached hydrogens (tertiary/aromatic N) is 5. The van der Waals surface area contributed by atoms with Gasteiger partial charge in [-0.25, -0.2) is 19.9 Å². The van der Waals surface area contributed by atoms with Crippen molar-refractivity contribution < 1.29 is 9.59 Å². The normalized spacial score (nSPS) is 10.5. The van der Waals surface area contributed by atoms with Crippen molar-refractivity contribution in [1.82, 2.24) is 29.5 Å². The Morgan fingerprint density at radius 3 is 1.85 bits per heavy atom. The summed E-state index contributed by atoms with van der Waals surface area (Å²) in [5, 5.41) is 2.86. The van der Waals surface area contributed by atoms with Crippen molar-refractivity contribution in [3.05, 3.63) is 120 Å². The maximum Gasteiger partial charge on any atom is 0.162 e. The zero-order chi connectivity index (χ0) is 29.4. The van der Waals surface area contributed by atoms with Crippen LogP contribution in [0.25, 0.3) is 21.8 Å². The van der Waals surface area contributed by atoms with E-state index in [9.17, 15) is 9.59 Å². The number of H-pyrrole nitrogens is 1. The highest BCUT2D eigenvalue weighted by Gasteiger charge is 2.17. The van der Waals surface area contributed by atoms with Crippen LogP contribution in [-0.2, 0) is 11.9 Å². The maximum absolute atomic E-state index is 11.9. The molecule has 0 radical (unpaired) electrons. The molecule has 0 saturated heterocycles. The summed E-state index contributed by atoms with van der Waals surface area (Å²) in [4.78, 5) is 42.1. The van der Waals surface area contributed by atoms with E-state index < -0.39 is 0 Å². The number of rotatable bonds is 5. The van der Waals surface area contributed by atoms with Gasteiger partial charge in [-0.15, -0.1) is 0 Å². The minimum Gasteiger partial charge on any atom is -0.358 e. The van der Waals surface area contributed by atoms with Crippen molar-refractivity contribution >= 4 is 49.3 Å². The zero-order valence-electron chi connectivity index (χ0n) is 23.4. The van der Waals surface area contributed by atoms with Crippen LogP contribution in [0, 0.1) is 13.8 Å². The van der Waals surface area contributed by atoms with Crippen LogP contribution in [0.5, 0.6) is 0 Å². The molecule has 1 N–H and O–H groups in total. The first-order valence-electron chi connectivity index (χ1n) is 13.0. The monoisotopic (exact) mass is 610 g/mol. The SMILES string of the molecule is BrCc1cncnc1.CC(=O)c1c(C)[nH]c2ccccc12.CC(=O)c1c(C)n(Cc2cncnc2)c2ccccc12. The summed E-state index contributed by atoms with van der Waals surface area (Å²) in [6.45, 7) is 7.80. The van der Waals surface area contributed by atoms with Crippen LogP contribution in [0.2, 0.25) is 0 Å². The van der Waals surface area contributed by atoms with Gasteiger partial charge in [0.15, 0.2) is 11.6 Å². The second-order valence-electron chi connectivity index (χ2n) is 9.47. The van der Waals surface area contributed by atoms with E-state index in [2.05, 4.69) is 45.4 Å². The molecular weight excluding hydrogens is 580 g/mol. The Morgan fingerprint density at radius 2 is 1.29 bits per heavy atom. The third-order valence-corrected chi connectivity index (χ3v) is 7.20. The summed E-state index contributed by atoms with van der Waals surface area (Å²) in [5.41, 5.74) is 7.78. The molecule has 0 unspecified atom stereocenters. The molecule has 208 valence electrons. The van der Waals surface area contributed by atoms with Crippen molar-refractivity contribution in [3.8, 4) is 0 Å². The average Bonchev–Trinajstić information content (AvgIpc) is 3.47. The van der Waals surface area contributed by atoms with Crippen LogP contribution in [0.4, 0.5) is 0 Å². The summed E-state index contributed by atoms with van der Waals surface area (Å²) in [5.74, 6) is 0.219. The third-order valence-electron chi connectivity index (χ3n) is 6.55. The second-order valence-corrected chi connectivity index (χ2v) is 10.0. The average molecular weight is 612 g/mol. The van der Waals surface area contributed by atoms with E-state index in [1.54, 1.807) is 38.6 Å². The molecule has 0 fully saturated rings. The maximum atomic E-state index is 11.9. The first-order chi connectivity index (χ1) is 19.8. The van der Waals surface area contributed by atoms with Gasteiger partial charge in [0, 0.05) is 80.0 Å². The number of aryl methyl sites for hydroxylation is 1. The summed E-state index contributed by atoms with van der Waals surface area (Å²) in [6, 6.07) is 15.8. The Hall–Kier alpha value is -4.50. The molecule has 2 aromatic carbocycles. The van der Waals surface area contributed by atoms with E-state index in [0.717, 1.165) is 60.8 Å². The van der Waals surface area contributed by atoms with E-state index in [4.69, 9.17) is 0 Å². The van der Waals surface area contributed by atoms with Gasteiger partial charge in [-0.3, -0.25) is 9.59 Å². The van der Waals surface area contributed by atoms with Crippen LogP contribution in [0.3, 0.4) is 0 Å². The first kappa shape index (κ1) is 29.5. The van der Waals surface area contributed by atoms with Crippen molar-refractivity contribution in [2.45, 2.75) is 39.6 Å². The Balaban J connectivity index is 0.000000158. The molecule has 6 aromatic rings. The smallest absolute Gasteiger partial charge is 0.162 e. The molecule has 0 bridgehead atoms. The van der Waals surface area contributed by atoms with Gasteiger partial charge >= 0.3 is 0 Å². The lowest BCUT2D eigenvalue weighted by molar-refractivity contribution is 0.101. The Morgan fingerprint density at radius 1 is 0.756 bits per heavy atom. The fourth-order valence-electron chi connectivity index (χ4n) is 4.80. The number of halogens is 1. The molecule has 0 aliphatic rings. The van der Waals surface area contributed by atoms with E-state index in [-0.39, 0.29) is 11.6 Å². The van der Waals surface area contributed by atoms with Crippen LogP contribution in [-0.4, -0.2) is 41.1 Å². The van der Waals surface area contributed by atoms with Crippen LogP contribution in [0.1, 0.15) is 57.1 Å². The number of benzene rings is 2. The van der Waals surface area contributed by atoms with Gasteiger partial charge in [0.1, 0.15) is 12.7 Å². The van der Waals surface area contributed by atoms with Crippen molar-refractivity contribution in [1.29, 1.82) is 0 Å². The third kappa shape index (κ3) is 6.99. The molecule has 0 saturated carbocycles. The number of aromatic nitrogens is 6. The molecule has 41 heavy (non-hydrogen) atoms. The Bertz CT molecular complexity index is 1780. The minimum atomic E-state index is 0.0989. The molecule has 4 heterocycles. The highest BCUT2D eigenvalue weighted by molar-refractivity contribution is 9.08. The van der Waals surface area contributed by atoms with Gasteiger partial charge in [0.25, 0.3) is 0 Å². The van der Waals surface area contributed by atoms with Crippen molar-refractivity contribution in [2.75, 3.05) is 0 Å². The molecule has 6 rings (SSSR count). The van der Waals surface area contributed by atoms with E-state index in [0.29, 0.717) is 6.54 Å². The van der Waals surface area contributed by atoms with Gasteiger partial charge in [-0.05, 0) is 45.4 Å². The summed E-state index contributed by atoms with van der Waals surface area (Å²) in [6.07, 6.45) is 10.2. The van der Waals surface area contributed by atoms with Gasteiger partial charge < -0.3 is 9.55 Å². The summed E-state index contributed by atoms with van der Waals surface area (Å²) >= 11 is 3.28. The van der Waals surface area contributed by atoms with E-state index in [1.807, 2.05) is 62.4 Å². The first-order valence-corrected chi connectivity index (χ1v) is 14.1. The van der Waals surface area contributed by atoms with Crippen LogP contribution < -0.4 is 0 Å². The molecule has 9 heteroatoms. The van der Waals surface area contributed by atoms with Crippen LogP contribution >= 0.6 is 15.9 Å². The van der Waals surface area contributed by atoms with Gasteiger partial charge in [-0.1, -0.05) is 52.3 Å². The Kier molecular flexibility index (Phi) is 9.86. The number of fused-ring (bicyclic) bond motifs is 2. The fraction of sp³-hybridized carbons (Fsp3) is 0.188. The number of alkyl halides is 1. The largest absolute Gasteiger partial charge is 0.358 e. The van der Waals surface area contributed by atoms with Gasteiger partial charge in [-0.2, -0.15) is 0 Å². The number of nitrogens with one attached hydrogen (secondary N) is 1. The molecular formula is C32H31BrN6O2. The molecule has 8 nitrogen and oxygen atoms in total. The number of ketones is 2. The minimum absolute atomic E-state index is 0.0989. The predicted octanol–water partition coefficient (Wildman–Crippen LogP) is 7.04. The number of Topliss-reactive ketones (excluding diaryl/α,β-unsaturated/α-hetero) is 2. The highest BCUT2D eigenvalue weighted by atomic mass is 79.9. The van der Waals surface area contributed by atoms with Gasteiger partial charge in [0.2, 0.25) is 0 Å². The number of hydrogen-bond acceptors (Lipinski definition) is 6. The molecule has 0 aliphatic carbocycles. The van der Waals surface area contributed by atoms with Crippen molar-refractivity contribution in [2.24, 2.45) is 0 Å². The van der Waals surface area contributed by atoms with Gasteiger partial charge in [0.05, 0.1) is 6.54 Å². The summed E-state index contributed by atoms with van der Waals surface area (Å²) in [7, 11) is 0. The quantitative estimate of drug-likeness (QED) is 0.166. The standard InChI is InChI=1S/C16H15N3O.C11H11NO.C5H5BrN2/c1-11-16(12(2)20)14-5-3-4-6-15(14)19(11)9-13-7-17-10-18-8-13;1-7-11(8(2)13)9-5-3-4-6-10(9)12-7;6-1-5-2-7-4-8-3-5/h3-8,10H,9H2,1-2H3;3-6,12H,1-2H3;2-4H,1H2. The fourth-order valence-corrected chi connectivity index (χ4v) is 5.09. The lowest BCUT2D eigenvalue weighted by Crippen LogP contribution is -2.04. The Labute approximate surface area is 247 Å². The predicted molar refractivity (Wildman–Crippen MR) is 166 cm³/mol. The van der Waals surface area contributed by atoms with E-state index in [1.165, 1.54) is 12.7 Å². The van der Waals surface area contributed by atoms with Crippen molar-refractivity contribution in [3.63, 3.8) is 0 Å². The second kappa shape index (κ2) is 13.7. The molecule has 4 aromatic heterocycles. The highest BCUT2D eigenvalue weighted by Crippen LogP contribution is 2.27. The number of aromatic amines is 1.